The van der Waals surface area contributed by atoms with Crippen LogP contribution in [-0.2, 0) is 29.8 Å². The summed E-state index contributed by atoms with van der Waals surface area (Å²) in [6.07, 6.45) is 0.803. The van der Waals surface area contributed by atoms with Crippen molar-refractivity contribution in [3.8, 4) is 5.75 Å². The van der Waals surface area contributed by atoms with E-state index in [1.807, 2.05) is 11.1 Å². The molecule has 43 heavy (non-hydrogen) atoms. The first kappa shape index (κ1) is 33.0. The number of rotatable bonds is 7. The summed E-state index contributed by atoms with van der Waals surface area (Å²) in [7, 11) is 3.72. The van der Waals surface area contributed by atoms with E-state index in [2.05, 4.69) is 18.0 Å². The van der Waals surface area contributed by atoms with Gasteiger partial charge in [0.15, 0.2) is 6.29 Å². The zero-order chi connectivity index (χ0) is 31.5. The number of carbonyl (C=O) groups is 2. The lowest BCUT2D eigenvalue weighted by Gasteiger charge is -2.28. The molecule has 1 amide bonds. The quantitative estimate of drug-likeness (QED) is 0.218. The molecule has 2 aliphatic heterocycles. The van der Waals surface area contributed by atoms with Gasteiger partial charge in [0.2, 0.25) is 0 Å². The molecule has 1 aromatic heterocycles. The Labute approximate surface area is 264 Å². The largest absolute Gasteiger partial charge is 0.495 e. The predicted octanol–water partition coefficient (Wildman–Crippen LogP) is 6.41. The van der Waals surface area contributed by atoms with Gasteiger partial charge in [-0.1, -0.05) is 41.0 Å². The second-order valence-corrected chi connectivity index (χ2v) is 11.9. The molecule has 3 heterocycles. The molecule has 0 aliphatic carbocycles. The molecule has 0 bridgehead atoms. The van der Waals surface area contributed by atoms with Gasteiger partial charge in [-0.2, -0.15) is 8.78 Å². The van der Waals surface area contributed by atoms with Crippen LogP contribution >= 0.6 is 46.6 Å². The maximum absolute atomic E-state index is 13.3. The molecule has 5 rings (SSSR count). The minimum atomic E-state index is -3.82. The summed E-state index contributed by atoms with van der Waals surface area (Å²) in [5.41, 5.74) is 1.45. The number of pyridine rings is 1. The van der Waals surface area contributed by atoms with Crippen molar-refractivity contribution in [3.05, 3.63) is 78.7 Å². The number of hydrogen-bond donors (Lipinski definition) is 2. The standard InChI is InChI=1S/C14H8Cl3F2NO3S.C14H18N2O3/c15-8-2-1-6(4-21)11(16)12(8)24-9-3-10(14(17,18)19)20-13(23)7(9)5-22;1-15-8-10-6-12(13(18-2)7-11(10)9-15)16-4-3-5-19-14(16)17/h1-3,5,21H,4H2,(H,20,23);6-7H,3-5,8-9H2,1-2H3. The van der Waals surface area contributed by atoms with Gasteiger partial charge in [-0.05, 0) is 66.0 Å². The molecule has 0 spiro atoms. The number of H-pyrrole nitrogens is 1. The fourth-order valence-electron chi connectivity index (χ4n) is 4.52. The number of nitrogens with zero attached hydrogens (tertiary/aromatic N) is 2. The van der Waals surface area contributed by atoms with Gasteiger partial charge in [0.05, 0.1) is 41.6 Å². The van der Waals surface area contributed by atoms with Crippen LogP contribution in [0.4, 0.5) is 19.3 Å². The molecule has 3 aromatic rings. The highest BCUT2D eigenvalue weighted by Crippen LogP contribution is 2.42. The van der Waals surface area contributed by atoms with E-state index in [1.54, 1.807) is 12.0 Å². The number of carbonyl (C=O) groups excluding carboxylic acids is 2. The third-order valence-corrected chi connectivity index (χ3v) is 8.97. The zero-order valence-corrected chi connectivity index (χ0v) is 26.0. The van der Waals surface area contributed by atoms with Crippen LogP contribution in [0.3, 0.4) is 0 Å². The van der Waals surface area contributed by atoms with Gasteiger partial charge in [0, 0.05) is 29.4 Å². The van der Waals surface area contributed by atoms with E-state index in [-0.39, 0.29) is 44.4 Å². The van der Waals surface area contributed by atoms with Crippen LogP contribution < -0.4 is 15.2 Å². The summed E-state index contributed by atoms with van der Waals surface area (Å²) >= 11 is 17.8. The van der Waals surface area contributed by atoms with Gasteiger partial charge in [0.25, 0.3) is 5.56 Å². The summed E-state index contributed by atoms with van der Waals surface area (Å²) in [5, 5.41) is 5.66. The predicted molar refractivity (Wildman–Crippen MR) is 160 cm³/mol. The summed E-state index contributed by atoms with van der Waals surface area (Å²) in [4.78, 5) is 40.7. The molecule has 15 heteroatoms. The number of methoxy groups -OCH3 is 1. The highest BCUT2D eigenvalue weighted by Gasteiger charge is 2.31. The number of aldehydes is 1. The smallest absolute Gasteiger partial charge is 0.414 e. The van der Waals surface area contributed by atoms with Crippen molar-refractivity contribution in [1.82, 2.24) is 9.88 Å². The normalized spacial score (nSPS) is 15.0. The Morgan fingerprint density at radius 3 is 2.49 bits per heavy atom. The number of cyclic esters (lactones) is 1. The third-order valence-electron chi connectivity index (χ3n) is 6.61. The summed E-state index contributed by atoms with van der Waals surface area (Å²) in [6, 6.07) is 7.92. The summed E-state index contributed by atoms with van der Waals surface area (Å²) < 4.78 is 37.1. The Morgan fingerprint density at radius 2 is 1.88 bits per heavy atom. The molecule has 230 valence electrons. The Kier molecular flexibility index (Phi) is 10.6. The molecule has 2 N–H and O–H groups in total. The molecular weight excluding hydrogens is 651 g/mol. The van der Waals surface area contributed by atoms with Crippen LogP contribution in [0.25, 0.3) is 0 Å². The highest BCUT2D eigenvalue weighted by molar-refractivity contribution is 7.99. The lowest BCUT2D eigenvalue weighted by atomic mass is 10.1. The van der Waals surface area contributed by atoms with E-state index in [0.29, 0.717) is 18.7 Å². The maximum atomic E-state index is 13.3. The molecule has 0 radical (unpaired) electrons. The minimum Gasteiger partial charge on any atom is -0.495 e. The molecule has 9 nitrogen and oxygen atoms in total. The van der Waals surface area contributed by atoms with Gasteiger partial charge >= 0.3 is 11.5 Å². The summed E-state index contributed by atoms with van der Waals surface area (Å²) in [6.45, 7) is 2.66. The van der Waals surface area contributed by atoms with Crippen molar-refractivity contribution < 1.29 is 33.0 Å². The molecule has 1 fully saturated rings. The van der Waals surface area contributed by atoms with Crippen LogP contribution in [0.2, 0.25) is 10.0 Å². The first-order valence-electron chi connectivity index (χ1n) is 12.8. The van der Waals surface area contributed by atoms with Crippen molar-refractivity contribution in [2.75, 3.05) is 32.2 Å². The lowest BCUT2D eigenvalue weighted by Crippen LogP contribution is -2.38. The van der Waals surface area contributed by atoms with Crippen LogP contribution in [0.1, 0.15) is 39.2 Å². The van der Waals surface area contributed by atoms with E-state index in [4.69, 9.17) is 44.3 Å². The van der Waals surface area contributed by atoms with Crippen LogP contribution in [0.15, 0.2) is 44.9 Å². The van der Waals surface area contributed by atoms with Crippen molar-refractivity contribution in [1.29, 1.82) is 0 Å². The van der Waals surface area contributed by atoms with Crippen molar-refractivity contribution in [2.45, 2.75) is 41.3 Å². The number of amides is 1. The van der Waals surface area contributed by atoms with Crippen molar-refractivity contribution >= 4 is 64.6 Å². The molecule has 0 atom stereocenters. The minimum absolute atomic E-state index is 0.0892. The highest BCUT2D eigenvalue weighted by atomic mass is 35.5. The van der Waals surface area contributed by atoms with E-state index < -0.39 is 16.6 Å². The molecule has 0 saturated carbocycles. The Bertz CT molecular complexity index is 1600. The first-order chi connectivity index (χ1) is 20.4. The number of aromatic nitrogens is 1. The fourth-order valence-corrected chi connectivity index (χ4v) is 6.32. The molecule has 1 saturated heterocycles. The van der Waals surface area contributed by atoms with Crippen LogP contribution in [-0.4, -0.2) is 54.7 Å². The lowest BCUT2D eigenvalue weighted by molar-refractivity contribution is 0.0891. The molecule has 2 aromatic carbocycles. The van der Waals surface area contributed by atoms with E-state index in [0.717, 1.165) is 48.8 Å². The van der Waals surface area contributed by atoms with E-state index >= 15 is 0 Å². The second kappa shape index (κ2) is 13.8. The van der Waals surface area contributed by atoms with E-state index in [1.165, 1.54) is 23.3 Å². The number of nitrogens with one attached hydrogen (secondary N) is 1. The fraction of sp³-hybridized carbons (Fsp3) is 0.321. The van der Waals surface area contributed by atoms with Gasteiger partial charge in [0.1, 0.15) is 11.4 Å². The number of ether oxygens (including phenoxy) is 2. The number of anilines is 1. The Hall–Kier alpha value is -2.87. The first-order valence-corrected chi connectivity index (χ1v) is 14.7. The number of aliphatic hydroxyl groups is 1. The number of alkyl halides is 3. The van der Waals surface area contributed by atoms with Crippen LogP contribution in [0.5, 0.6) is 5.75 Å². The van der Waals surface area contributed by atoms with Gasteiger partial charge < -0.3 is 19.6 Å². The topological polar surface area (TPSA) is 112 Å². The third kappa shape index (κ3) is 7.44. The Balaban J connectivity index is 0.000000202. The maximum Gasteiger partial charge on any atom is 0.414 e. The number of aromatic amines is 1. The van der Waals surface area contributed by atoms with Gasteiger partial charge in [-0.15, -0.1) is 0 Å². The monoisotopic (exact) mass is 675 g/mol. The molecule has 0 unspecified atom stereocenters. The number of benzene rings is 2. The number of fused-ring (bicyclic) bond motifs is 1. The van der Waals surface area contributed by atoms with Crippen LogP contribution in [0, 0.1) is 0 Å². The molecular formula is C28H26Cl3F2N3O6S. The van der Waals surface area contributed by atoms with Gasteiger partial charge in [-0.3, -0.25) is 19.4 Å². The van der Waals surface area contributed by atoms with Gasteiger partial charge in [-0.25, -0.2) is 4.79 Å². The average Bonchev–Trinajstić information content (AvgIpc) is 3.33. The zero-order valence-electron chi connectivity index (χ0n) is 22.9. The van der Waals surface area contributed by atoms with Crippen molar-refractivity contribution in [2.24, 2.45) is 0 Å². The summed E-state index contributed by atoms with van der Waals surface area (Å²) in [5.74, 6) is 0.743. The van der Waals surface area contributed by atoms with E-state index in [9.17, 15) is 28.3 Å². The average molecular weight is 677 g/mol. The number of hydrogen-bond acceptors (Lipinski definition) is 8. The SMILES string of the molecule is COc1cc2c(cc1N1CCCOC1=O)CN(C)C2.O=Cc1c(Sc2c(Cl)ccc(CO)c2Cl)cc(C(F)(F)Cl)[nH]c1=O. The second-order valence-electron chi connectivity index (χ2n) is 9.60. The number of halogens is 5. The van der Waals surface area contributed by atoms with Crippen molar-refractivity contribution in [3.63, 3.8) is 0 Å². The molecule has 2 aliphatic rings. The number of aliphatic hydroxyl groups excluding tert-OH is 1. The Morgan fingerprint density at radius 1 is 1.19 bits per heavy atom.